The number of amides is 1. The minimum absolute atomic E-state index is 0.170. The Morgan fingerprint density at radius 2 is 1.90 bits per heavy atom. The zero-order chi connectivity index (χ0) is 29.1. The standard InChI is InChI=1S/C28H27ClIN3O6S/c1-5-32(6-2)27(37)23-15(3)31-28-33(24(23)17-7-9-18(29)10-8-17)26(36)21(40-28)13-16-11-19(30)25(20(12-16)38-4)39-14-22(34)35/h7-13,24H,5-6,14H2,1-4H3,(H,34,35)/b21-13+/t24-/m1/s1. The van der Waals surface area contributed by atoms with Crippen molar-refractivity contribution in [3.63, 3.8) is 0 Å². The average Bonchev–Trinajstić information content (AvgIpc) is 3.21. The lowest BCUT2D eigenvalue weighted by atomic mass is 9.94. The van der Waals surface area contributed by atoms with Crippen LogP contribution in [0, 0.1) is 3.57 Å². The molecule has 0 unspecified atom stereocenters. The van der Waals surface area contributed by atoms with E-state index in [1.807, 2.05) is 48.6 Å². The quantitative estimate of drug-likeness (QED) is 0.341. The summed E-state index contributed by atoms with van der Waals surface area (Å²) in [4.78, 5) is 45.5. The van der Waals surface area contributed by atoms with Crippen molar-refractivity contribution >= 4 is 63.5 Å². The van der Waals surface area contributed by atoms with Crippen LogP contribution in [-0.2, 0) is 9.59 Å². The number of ether oxygens (including phenoxy) is 2. The average molecular weight is 696 g/mol. The second-order valence-electron chi connectivity index (χ2n) is 8.83. The van der Waals surface area contributed by atoms with Gasteiger partial charge in [0.2, 0.25) is 0 Å². The van der Waals surface area contributed by atoms with Crippen LogP contribution in [0.15, 0.2) is 57.5 Å². The fourth-order valence-corrected chi connectivity index (χ4v) is 6.44. The van der Waals surface area contributed by atoms with Gasteiger partial charge in [-0.1, -0.05) is 35.1 Å². The van der Waals surface area contributed by atoms with Crippen molar-refractivity contribution in [2.75, 3.05) is 26.8 Å². The molecule has 1 atom stereocenters. The van der Waals surface area contributed by atoms with Gasteiger partial charge in [0.05, 0.1) is 32.5 Å². The molecule has 1 amide bonds. The van der Waals surface area contributed by atoms with Gasteiger partial charge in [0.15, 0.2) is 22.9 Å². The van der Waals surface area contributed by atoms with Crippen LogP contribution in [0.5, 0.6) is 11.5 Å². The number of fused-ring (bicyclic) bond motifs is 1. The zero-order valence-electron chi connectivity index (χ0n) is 22.2. The Hall–Kier alpha value is -3.16. The highest BCUT2D eigenvalue weighted by Crippen LogP contribution is 2.35. The number of hydrogen-bond acceptors (Lipinski definition) is 7. The number of carbonyl (C=O) groups is 2. The molecule has 4 rings (SSSR count). The molecule has 1 aliphatic heterocycles. The summed E-state index contributed by atoms with van der Waals surface area (Å²) >= 11 is 9.41. The van der Waals surface area contributed by atoms with E-state index >= 15 is 0 Å². The first kappa shape index (κ1) is 29.8. The molecular weight excluding hydrogens is 669 g/mol. The molecule has 0 bridgehead atoms. The van der Waals surface area contributed by atoms with E-state index in [1.165, 1.54) is 18.4 Å². The van der Waals surface area contributed by atoms with Crippen molar-refractivity contribution in [3.05, 3.63) is 87.1 Å². The number of carboxylic acid groups (broad SMARTS) is 1. The van der Waals surface area contributed by atoms with Gasteiger partial charge in [0, 0.05) is 18.1 Å². The highest BCUT2D eigenvalue weighted by Gasteiger charge is 2.34. The molecular formula is C28H27ClIN3O6S. The molecule has 0 radical (unpaired) electrons. The highest BCUT2D eigenvalue weighted by molar-refractivity contribution is 14.1. The van der Waals surface area contributed by atoms with Gasteiger partial charge in [-0.25, -0.2) is 9.79 Å². The number of benzene rings is 2. The lowest BCUT2D eigenvalue weighted by Gasteiger charge is -2.29. The summed E-state index contributed by atoms with van der Waals surface area (Å²) < 4.78 is 13.4. The van der Waals surface area contributed by atoms with Crippen molar-refractivity contribution in [1.29, 1.82) is 0 Å². The molecule has 0 aliphatic carbocycles. The van der Waals surface area contributed by atoms with Crippen molar-refractivity contribution in [3.8, 4) is 11.5 Å². The van der Waals surface area contributed by atoms with Crippen molar-refractivity contribution in [2.24, 2.45) is 4.99 Å². The fraction of sp³-hybridized carbons (Fsp3) is 0.286. The summed E-state index contributed by atoms with van der Waals surface area (Å²) in [7, 11) is 1.46. The SMILES string of the molecule is CCN(CC)C(=O)C1=C(C)N=c2s/c(=C/c3cc(I)c(OCC(=O)O)c(OC)c3)c(=O)n2[C@@H]1c1ccc(Cl)cc1. The van der Waals surface area contributed by atoms with E-state index < -0.39 is 18.6 Å². The Bertz CT molecular complexity index is 1680. The van der Waals surface area contributed by atoms with Crippen LogP contribution < -0.4 is 24.4 Å². The van der Waals surface area contributed by atoms with Crippen LogP contribution in [-0.4, -0.2) is 53.3 Å². The number of halogens is 2. The van der Waals surface area contributed by atoms with Gasteiger partial charge in [-0.3, -0.25) is 14.2 Å². The third kappa shape index (κ3) is 5.96. The monoisotopic (exact) mass is 695 g/mol. The van der Waals surface area contributed by atoms with E-state index in [-0.39, 0.29) is 11.5 Å². The third-order valence-corrected chi connectivity index (χ3v) is 8.41. The number of carboxylic acids is 1. The summed E-state index contributed by atoms with van der Waals surface area (Å²) in [6.07, 6.45) is 1.72. The van der Waals surface area contributed by atoms with Crippen LogP contribution in [0.4, 0.5) is 0 Å². The number of aromatic nitrogens is 1. The molecule has 3 aromatic rings. The minimum atomic E-state index is -1.10. The predicted octanol–water partition coefficient (Wildman–Crippen LogP) is 3.83. The number of rotatable bonds is 9. The van der Waals surface area contributed by atoms with E-state index in [4.69, 9.17) is 26.2 Å². The maximum absolute atomic E-state index is 13.9. The molecule has 9 nitrogen and oxygen atoms in total. The van der Waals surface area contributed by atoms with Crippen molar-refractivity contribution in [1.82, 2.24) is 9.47 Å². The summed E-state index contributed by atoms with van der Waals surface area (Å²) in [5.41, 5.74) is 2.12. The van der Waals surface area contributed by atoms with Gasteiger partial charge in [-0.05, 0) is 84.8 Å². The molecule has 210 valence electrons. The third-order valence-electron chi connectivity index (χ3n) is 6.38. The number of allylic oxidation sites excluding steroid dienone is 1. The first-order valence-corrected chi connectivity index (χ1v) is 14.7. The maximum atomic E-state index is 13.9. The van der Waals surface area contributed by atoms with E-state index in [0.717, 1.165) is 5.56 Å². The topological polar surface area (TPSA) is 110 Å². The minimum Gasteiger partial charge on any atom is -0.493 e. The van der Waals surface area contributed by atoms with Crippen molar-refractivity contribution in [2.45, 2.75) is 26.8 Å². The number of carbonyl (C=O) groups excluding carboxylic acids is 1. The van der Waals surface area contributed by atoms with E-state index in [0.29, 0.717) is 59.3 Å². The van der Waals surface area contributed by atoms with Gasteiger partial charge in [-0.15, -0.1) is 0 Å². The molecule has 12 heteroatoms. The second kappa shape index (κ2) is 12.6. The Kier molecular flexibility index (Phi) is 9.37. The zero-order valence-corrected chi connectivity index (χ0v) is 26.0. The van der Waals surface area contributed by atoms with Crippen LogP contribution in [0.25, 0.3) is 6.08 Å². The fourth-order valence-electron chi connectivity index (χ4n) is 4.49. The predicted molar refractivity (Wildman–Crippen MR) is 162 cm³/mol. The van der Waals surface area contributed by atoms with Gasteiger partial charge < -0.3 is 19.5 Å². The molecule has 2 heterocycles. The van der Waals surface area contributed by atoms with Crippen LogP contribution in [0.1, 0.15) is 37.9 Å². The molecule has 0 saturated carbocycles. The summed E-state index contributed by atoms with van der Waals surface area (Å²) in [6.45, 7) is 6.16. The first-order chi connectivity index (χ1) is 19.1. The lowest BCUT2D eigenvalue weighted by molar-refractivity contribution is -0.139. The van der Waals surface area contributed by atoms with Crippen LogP contribution in [0.2, 0.25) is 5.02 Å². The number of hydrogen-bond donors (Lipinski definition) is 1. The molecule has 0 fully saturated rings. The lowest BCUT2D eigenvalue weighted by Crippen LogP contribution is -2.43. The van der Waals surface area contributed by atoms with Gasteiger partial charge in [0.25, 0.3) is 11.5 Å². The van der Waals surface area contributed by atoms with E-state index in [2.05, 4.69) is 4.99 Å². The molecule has 1 N–H and O–H groups in total. The molecule has 2 aromatic carbocycles. The number of nitrogens with zero attached hydrogens (tertiary/aromatic N) is 3. The van der Waals surface area contributed by atoms with Crippen LogP contribution >= 0.6 is 45.5 Å². The second-order valence-corrected chi connectivity index (χ2v) is 11.4. The number of aliphatic carboxylic acids is 1. The largest absolute Gasteiger partial charge is 0.493 e. The Morgan fingerprint density at radius 3 is 2.50 bits per heavy atom. The Labute approximate surface area is 253 Å². The molecule has 40 heavy (non-hydrogen) atoms. The van der Waals surface area contributed by atoms with Crippen molar-refractivity contribution < 1.29 is 24.2 Å². The summed E-state index contributed by atoms with van der Waals surface area (Å²) in [6, 6.07) is 9.89. The smallest absolute Gasteiger partial charge is 0.341 e. The molecule has 1 aliphatic rings. The van der Waals surface area contributed by atoms with E-state index in [1.54, 1.807) is 46.7 Å². The normalized spacial score (nSPS) is 14.9. The Morgan fingerprint density at radius 1 is 1.23 bits per heavy atom. The summed E-state index contributed by atoms with van der Waals surface area (Å²) in [5, 5.41) is 9.53. The molecule has 1 aromatic heterocycles. The van der Waals surface area contributed by atoms with Gasteiger partial charge >= 0.3 is 5.97 Å². The van der Waals surface area contributed by atoms with E-state index in [9.17, 15) is 14.4 Å². The highest BCUT2D eigenvalue weighted by atomic mass is 127. The summed E-state index contributed by atoms with van der Waals surface area (Å²) in [5.74, 6) is -0.625. The van der Waals surface area contributed by atoms with Crippen LogP contribution in [0.3, 0.4) is 0 Å². The first-order valence-electron chi connectivity index (χ1n) is 12.4. The number of thiazole rings is 1. The molecule has 0 saturated heterocycles. The van der Waals surface area contributed by atoms with Gasteiger partial charge in [-0.2, -0.15) is 0 Å². The molecule has 0 spiro atoms. The maximum Gasteiger partial charge on any atom is 0.341 e. The number of methoxy groups -OCH3 is 1. The number of likely N-dealkylation sites (N-methyl/N-ethyl adjacent to an activating group) is 1. The van der Waals surface area contributed by atoms with Gasteiger partial charge in [0.1, 0.15) is 0 Å². The Balaban J connectivity index is 1.89.